The van der Waals surface area contributed by atoms with Crippen LogP contribution in [0.15, 0.2) is 53.9 Å². The number of hydrogen-bond acceptors (Lipinski definition) is 4. The molecular weight excluding hydrogens is 304 g/mol. The highest BCUT2D eigenvalue weighted by Crippen LogP contribution is 2.22. The van der Waals surface area contributed by atoms with Crippen LogP contribution in [-0.2, 0) is 18.7 Å². The highest BCUT2D eigenvalue weighted by atomic mass is 32.2. The monoisotopic (exact) mass is 324 g/mol. The van der Waals surface area contributed by atoms with Crippen molar-refractivity contribution in [3.8, 4) is 0 Å². The molecule has 0 amide bonds. The zero-order chi connectivity index (χ0) is 16.1. The van der Waals surface area contributed by atoms with Crippen LogP contribution in [0.5, 0.6) is 0 Å². The van der Waals surface area contributed by atoms with Crippen LogP contribution in [0.2, 0.25) is 0 Å². The van der Waals surface area contributed by atoms with Gasteiger partial charge in [-0.3, -0.25) is 4.98 Å². The summed E-state index contributed by atoms with van der Waals surface area (Å²) in [6, 6.07) is 12.6. The van der Waals surface area contributed by atoms with Crippen molar-refractivity contribution in [3.05, 3.63) is 71.3 Å². The Morgan fingerprint density at radius 2 is 1.87 bits per heavy atom. The van der Waals surface area contributed by atoms with Crippen LogP contribution < -0.4 is 0 Å². The molecule has 23 heavy (non-hydrogen) atoms. The predicted octanol–water partition coefficient (Wildman–Crippen LogP) is 3.88. The molecule has 0 aliphatic carbocycles. The molecule has 2 aromatic heterocycles. The quantitative estimate of drug-likeness (QED) is 0.645. The minimum atomic E-state index is 0.814. The van der Waals surface area contributed by atoms with Crippen LogP contribution in [0.25, 0.3) is 0 Å². The molecule has 0 aliphatic rings. The Kier molecular flexibility index (Phi) is 5.08. The summed E-state index contributed by atoms with van der Waals surface area (Å²) in [5, 5.41) is 9.74. The lowest BCUT2D eigenvalue weighted by Crippen LogP contribution is -2.04. The van der Waals surface area contributed by atoms with Crippen molar-refractivity contribution in [3.63, 3.8) is 0 Å². The second kappa shape index (κ2) is 7.42. The number of thioether (sulfide) groups is 1. The van der Waals surface area contributed by atoms with E-state index < -0.39 is 0 Å². The van der Waals surface area contributed by atoms with Crippen LogP contribution >= 0.6 is 11.8 Å². The first kappa shape index (κ1) is 15.7. The summed E-state index contributed by atoms with van der Waals surface area (Å²) >= 11 is 1.71. The van der Waals surface area contributed by atoms with E-state index in [0.717, 1.165) is 29.7 Å². The highest BCUT2D eigenvalue weighted by molar-refractivity contribution is 7.98. The molecule has 0 spiro atoms. The van der Waals surface area contributed by atoms with Crippen molar-refractivity contribution < 1.29 is 0 Å². The minimum absolute atomic E-state index is 0.814. The van der Waals surface area contributed by atoms with Crippen molar-refractivity contribution in [2.45, 2.75) is 37.7 Å². The molecule has 0 unspecified atom stereocenters. The Labute approximate surface area is 141 Å². The van der Waals surface area contributed by atoms with Gasteiger partial charge in [-0.2, -0.15) is 0 Å². The van der Waals surface area contributed by atoms with Crippen molar-refractivity contribution in [1.29, 1.82) is 0 Å². The zero-order valence-corrected chi connectivity index (χ0v) is 14.3. The molecule has 4 nitrogen and oxygen atoms in total. The molecule has 3 aromatic rings. The largest absolute Gasteiger partial charge is 0.306 e. The molecule has 0 saturated carbocycles. The van der Waals surface area contributed by atoms with Gasteiger partial charge in [0.05, 0.1) is 0 Å². The van der Waals surface area contributed by atoms with E-state index in [4.69, 9.17) is 0 Å². The number of pyridine rings is 1. The summed E-state index contributed by atoms with van der Waals surface area (Å²) in [6.45, 7) is 5.12. The van der Waals surface area contributed by atoms with Gasteiger partial charge >= 0.3 is 0 Å². The van der Waals surface area contributed by atoms with Gasteiger partial charge in [0.2, 0.25) is 0 Å². The molecule has 118 valence electrons. The van der Waals surface area contributed by atoms with Gasteiger partial charge in [-0.15, -0.1) is 10.2 Å². The number of benzene rings is 1. The topological polar surface area (TPSA) is 43.6 Å². The van der Waals surface area contributed by atoms with Crippen LogP contribution in [-0.4, -0.2) is 19.7 Å². The van der Waals surface area contributed by atoms with Crippen molar-refractivity contribution in [2.75, 3.05) is 0 Å². The minimum Gasteiger partial charge on any atom is -0.306 e. The zero-order valence-electron chi connectivity index (χ0n) is 13.4. The molecule has 0 atom stereocenters. The fourth-order valence-corrected chi connectivity index (χ4v) is 3.35. The predicted molar refractivity (Wildman–Crippen MR) is 93.5 cm³/mol. The lowest BCUT2D eigenvalue weighted by atomic mass is 10.1. The lowest BCUT2D eigenvalue weighted by Gasteiger charge is -2.07. The molecule has 0 bridgehead atoms. The van der Waals surface area contributed by atoms with Gasteiger partial charge in [0.25, 0.3) is 0 Å². The van der Waals surface area contributed by atoms with Gasteiger partial charge in [-0.1, -0.05) is 47.7 Å². The normalized spacial score (nSPS) is 10.9. The van der Waals surface area contributed by atoms with Crippen LogP contribution in [0.3, 0.4) is 0 Å². The smallest absolute Gasteiger partial charge is 0.191 e. The first-order valence-electron chi connectivity index (χ1n) is 7.75. The molecule has 0 N–H and O–H groups in total. The lowest BCUT2D eigenvalue weighted by molar-refractivity contribution is 0.651. The first-order valence-corrected chi connectivity index (χ1v) is 8.74. The van der Waals surface area contributed by atoms with Crippen LogP contribution in [0, 0.1) is 6.92 Å². The second-order valence-electron chi connectivity index (χ2n) is 5.46. The molecule has 0 aliphatic heterocycles. The van der Waals surface area contributed by atoms with E-state index in [0.29, 0.717) is 0 Å². The fraction of sp³-hybridized carbons (Fsp3) is 0.278. The van der Waals surface area contributed by atoms with Gasteiger partial charge in [-0.05, 0) is 31.0 Å². The molecular formula is C18H20N4S. The Balaban J connectivity index is 1.72. The number of aromatic nitrogens is 4. The molecule has 0 saturated heterocycles. The highest BCUT2D eigenvalue weighted by Gasteiger charge is 2.12. The van der Waals surface area contributed by atoms with E-state index in [1.807, 2.05) is 12.3 Å². The molecule has 3 rings (SSSR count). The van der Waals surface area contributed by atoms with Gasteiger partial charge in [-0.25, -0.2) is 0 Å². The van der Waals surface area contributed by atoms with E-state index in [1.165, 1.54) is 16.7 Å². The van der Waals surface area contributed by atoms with Gasteiger partial charge in [0, 0.05) is 31.1 Å². The standard InChI is InChI=1S/C18H20N4S/c1-3-22-17(11-15-8-6-14(2)7-9-15)20-21-18(22)23-13-16-5-4-10-19-12-16/h4-10,12H,3,11,13H2,1-2H3. The Morgan fingerprint density at radius 1 is 1.04 bits per heavy atom. The van der Waals surface area contributed by atoms with Crippen molar-refractivity contribution >= 4 is 11.8 Å². The Bertz CT molecular complexity index is 750. The first-order chi connectivity index (χ1) is 11.3. The van der Waals surface area contributed by atoms with Crippen LogP contribution in [0.1, 0.15) is 29.4 Å². The van der Waals surface area contributed by atoms with Gasteiger partial charge < -0.3 is 4.57 Å². The molecule has 2 heterocycles. The van der Waals surface area contributed by atoms with E-state index >= 15 is 0 Å². The van der Waals surface area contributed by atoms with Crippen LogP contribution in [0.4, 0.5) is 0 Å². The fourth-order valence-electron chi connectivity index (χ4n) is 2.39. The summed E-state index contributed by atoms with van der Waals surface area (Å²) in [5.41, 5.74) is 3.74. The average Bonchev–Trinajstić information content (AvgIpc) is 2.97. The van der Waals surface area contributed by atoms with Crippen molar-refractivity contribution in [1.82, 2.24) is 19.7 Å². The summed E-state index contributed by atoms with van der Waals surface area (Å²) in [4.78, 5) is 4.15. The summed E-state index contributed by atoms with van der Waals surface area (Å²) < 4.78 is 2.20. The maximum Gasteiger partial charge on any atom is 0.191 e. The average molecular weight is 324 g/mol. The second-order valence-corrected chi connectivity index (χ2v) is 6.40. The summed E-state index contributed by atoms with van der Waals surface area (Å²) in [5.74, 6) is 1.88. The van der Waals surface area contributed by atoms with Crippen molar-refractivity contribution in [2.24, 2.45) is 0 Å². The summed E-state index contributed by atoms with van der Waals surface area (Å²) in [6.07, 6.45) is 4.50. The number of nitrogens with zero attached hydrogens (tertiary/aromatic N) is 4. The molecule has 0 radical (unpaired) electrons. The molecule has 5 heteroatoms. The third kappa shape index (κ3) is 3.99. The van der Waals surface area contributed by atoms with E-state index in [-0.39, 0.29) is 0 Å². The van der Waals surface area contributed by atoms with Gasteiger partial charge in [0.1, 0.15) is 5.82 Å². The SMILES string of the molecule is CCn1c(Cc2ccc(C)cc2)nnc1SCc1cccnc1. The molecule has 0 fully saturated rings. The van der Waals surface area contributed by atoms with E-state index in [9.17, 15) is 0 Å². The Morgan fingerprint density at radius 3 is 2.57 bits per heavy atom. The summed E-state index contributed by atoms with van der Waals surface area (Å²) in [7, 11) is 0. The van der Waals surface area contributed by atoms with E-state index in [1.54, 1.807) is 18.0 Å². The number of hydrogen-bond donors (Lipinski definition) is 0. The molecule has 1 aromatic carbocycles. The third-order valence-electron chi connectivity index (χ3n) is 3.68. The van der Waals surface area contributed by atoms with Gasteiger partial charge in [0.15, 0.2) is 5.16 Å². The third-order valence-corrected chi connectivity index (χ3v) is 4.72. The maximum atomic E-state index is 4.39. The number of rotatable bonds is 6. The number of aryl methyl sites for hydroxylation is 1. The Hall–Kier alpha value is -2.14. The van der Waals surface area contributed by atoms with E-state index in [2.05, 4.69) is 63.9 Å². The maximum absolute atomic E-state index is 4.39.